The fraction of sp³-hybridized carbons (Fsp3) is 0.571. The van der Waals surface area contributed by atoms with Gasteiger partial charge in [-0.05, 0) is 37.2 Å². The number of aromatic nitrogens is 2. The van der Waals surface area contributed by atoms with E-state index in [9.17, 15) is 0 Å². The van der Waals surface area contributed by atoms with E-state index >= 15 is 0 Å². The van der Waals surface area contributed by atoms with Gasteiger partial charge in [-0.2, -0.15) is 0 Å². The van der Waals surface area contributed by atoms with E-state index in [-0.39, 0.29) is 0 Å². The lowest BCUT2D eigenvalue weighted by atomic mass is 10.3. The van der Waals surface area contributed by atoms with E-state index in [4.69, 9.17) is 4.43 Å². The van der Waals surface area contributed by atoms with Gasteiger partial charge in [-0.3, -0.25) is 0 Å². The van der Waals surface area contributed by atoms with Crippen molar-refractivity contribution in [2.75, 3.05) is 18.5 Å². The van der Waals surface area contributed by atoms with E-state index < -0.39 is 8.32 Å². The van der Waals surface area contributed by atoms with Crippen LogP contribution in [0, 0.1) is 5.92 Å². The number of anilines is 1. The SMILES string of the molecule is CC(C)C[Si](C)(C)OCCNc1ccc2ncsc2n1. The second-order valence-electron chi connectivity index (χ2n) is 6.01. The molecular formula is C14H23N3OSSi. The lowest BCUT2D eigenvalue weighted by Gasteiger charge is -2.24. The van der Waals surface area contributed by atoms with Crippen LogP contribution in [0.4, 0.5) is 5.82 Å². The maximum Gasteiger partial charge on any atom is 0.187 e. The lowest BCUT2D eigenvalue weighted by molar-refractivity contribution is 0.317. The minimum Gasteiger partial charge on any atom is -0.416 e. The summed E-state index contributed by atoms with van der Waals surface area (Å²) in [7, 11) is -1.51. The van der Waals surface area contributed by atoms with Crippen LogP contribution >= 0.6 is 11.3 Å². The molecule has 6 heteroatoms. The zero-order valence-electron chi connectivity index (χ0n) is 12.6. The van der Waals surface area contributed by atoms with Gasteiger partial charge in [-0.25, -0.2) is 9.97 Å². The van der Waals surface area contributed by atoms with Crippen molar-refractivity contribution in [3.8, 4) is 0 Å². The van der Waals surface area contributed by atoms with Crippen molar-refractivity contribution >= 4 is 35.8 Å². The average molecular weight is 310 g/mol. The largest absolute Gasteiger partial charge is 0.416 e. The first-order chi connectivity index (χ1) is 9.46. The zero-order chi connectivity index (χ0) is 14.6. The highest BCUT2D eigenvalue weighted by Gasteiger charge is 2.23. The quantitative estimate of drug-likeness (QED) is 0.621. The molecule has 2 heterocycles. The Morgan fingerprint density at radius 2 is 2.15 bits per heavy atom. The van der Waals surface area contributed by atoms with E-state index in [1.165, 1.54) is 6.04 Å². The predicted octanol–water partition coefficient (Wildman–Crippen LogP) is 3.98. The molecule has 2 aromatic heterocycles. The van der Waals surface area contributed by atoms with Crippen molar-refractivity contribution in [2.24, 2.45) is 5.92 Å². The Morgan fingerprint density at radius 3 is 2.90 bits per heavy atom. The molecule has 4 nitrogen and oxygen atoms in total. The highest BCUT2D eigenvalue weighted by atomic mass is 32.1. The zero-order valence-corrected chi connectivity index (χ0v) is 14.5. The lowest BCUT2D eigenvalue weighted by Crippen LogP contribution is -2.33. The van der Waals surface area contributed by atoms with Crippen LogP contribution < -0.4 is 5.32 Å². The molecule has 0 aliphatic rings. The standard InChI is InChI=1S/C14H23N3OSSi/c1-11(2)9-20(3,4)18-8-7-15-13-6-5-12-14(17-13)19-10-16-12/h5-6,10-11H,7-9H2,1-4H3,(H,15,17). The van der Waals surface area contributed by atoms with Crippen molar-refractivity contribution in [1.82, 2.24) is 9.97 Å². The fourth-order valence-corrected chi connectivity index (χ4v) is 5.80. The van der Waals surface area contributed by atoms with Gasteiger partial charge < -0.3 is 9.74 Å². The molecular weight excluding hydrogens is 286 g/mol. The summed E-state index contributed by atoms with van der Waals surface area (Å²) in [5.74, 6) is 1.61. The summed E-state index contributed by atoms with van der Waals surface area (Å²) in [6.07, 6.45) is 0. The molecule has 20 heavy (non-hydrogen) atoms. The van der Waals surface area contributed by atoms with Crippen LogP contribution in [0.15, 0.2) is 17.6 Å². The molecule has 0 aliphatic heterocycles. The molecule has 0 spiro atoms. The number of thiazole rings is 1. The third kappa shape index (κ3) is 4.54. The van der Waals surface area contributed by atoms with Crippen LogP contribution in [0.1, 0.15) is 13.8 Å². The summed E-state index contributed by atoms with van der Waals surface area (Å²) in [6, 6.07) is 5.18. The van der Waals surface area contributed by atoms with Crippen LogP contribution in [0.2, 0.25) is 19.1 Å². The van der Waals surface area contributed by atoms with Crippen LogP contribution in [-0.4, -0.2) is 31.4 Å². The normalized spacial score (nSPS) is 12.2. The Kier molecular flexibility index (Phi) is 5.12. The third-order valence-electron chi connectivity index (χ3n) is 3.00. The van der Waals surface area contributed by atoms with Crippen molar-refractivity contribution in [3.05, 3.63) is 17.6 Å². The first kappa shape index (κ1) is 15.4. The highest BCUT2D eigenvalue weighted by Crippen LogP contribution is 2.18. The van der Waals surface area contributed by atoms with E-state index in [1.54, 1.807) is 11.3 Å². The number of pyridine rings is 1. The fourth-order valence-electron chi connectivity index (χ4n) is 2.40. The van der Waals surface area contributed by atoms with Crippen LogP contribution in [-0.2, 0) is 4.43 Å². The van der Waals surface area contributed by atoms with Crippen molar-refractivity contribution in [3.63, 3.8) is 0 Å². The maximum atomic E-state index is 6.07. The van der Waals surface area contributed by atoms with Gasteiger partial charge in [-0.15, -0.1) is 11.3 Å². The topological polar surface area (TPSA) is 47.0 Å². The Labute approximate surface area is 125 Å². The van der Waals surface area contributed by atoms with Gasteiger partial charge in [0.25, 0.3) is 0 Å². The summed E-state index contributed by atoms with van der Waals surface area (Å²) in [6.45, 7) is 10.6. The van der Waals surface area contributed by atoms with E-state index in [1.807, 2.05) is 17.6 Å². The van der Waals surface area contributed by atoms with E-state index in [0.29, 0.717) is 5.92 Å². The Morgan fingerprint density at radius 1 is 1.35 bits per heavy atom. The molecule has 0 unspecified atom stereocenters. The van der Waals surface area contributed by atoms with Crippen molar-refractivity contribution in [2.45, 2.75) is 33.0 Å². The molecule has 0 fully saturated rings. The van der Waals surface area contributed by atoms with E-state index in [0.717, 1.165) is 29.3 Å². The second-order valence-corrected chi connectivity index (χ2v) is 11.1. The van der Waals surface area contributed by atoms with Gasteiger partial charge in [-0.1, -0.05) is 13.8 Å². The van der Waals surface area contributed by atoms with Gasteiger partial charge in [0.1, 0.15) is 16.2 Å². The molecule has 0 atom stereocenters. The molecule has 0 amide bonds. The number of hydrogen-bond donors (Lipinski definition) is 1. The first-order valence-corrected chi connectivity index (χ1v) is 11.0. The number of hydrogen-bond acceptors (Lipinski definition) is 5. The van der Waals surface area contributed by atoms with Crippen LogP contribution in [0.3, 0.4) is 0 Å². The van der Waals surface area contributed by atoms with Crippen LogP contribution in [0.25, 0.3) is 10.3 Å². The monoisotopic (exact) mass is 309 g/mol. The molecule has 0 radical (unpaired) electrons. The molecule has 0 aromatic carbocycles. The minimum atomic E-state index is -1.51. The number of nitrogens with one attached hydrogen (secondary N) is 1. The molecule has 0 bridgehead atoms. The molecule has 2 aromatic rings. The summed E-state index contributed by atoms with van der Waals surface area (Å²) in [5, 5.41) is 3.32. The van der Waals surface area contributed by atoms with Gasteiger partial charge in [0.15, 0.2) is 8.32 Å². The smallest absolute Gasteiger partial charge is 0.187 e. The van der Waals surface area contributed by atoms with Crippen LogP contribution in [0.5, 0.6) is 0 Å². The maximum absolute atomic E-state index is 6.07. The summed E-state index contributed by atoms with van der Waals surface area (Å²) in [4.78, 5) is 9.72. The number of rotatable bonds is 7. The van der Waals surface area contributed by atoms with E-state index in [2.05, 4.69) is 42.2 Å². The summed E-state index contributed by atoms with van der Waals surface area (Å²) in [5.41, 5.74) is 2.78. The second kappa shape index (κ2) is 6.65. The summed E-state index contributed by atoms with van der Waals surface area (Å²) < 4.78 is 6.07. The van der Waals surface area contributed by atoms with Gasteiger partial charge in [0.2, 0.25) is 0 Å². The Hall–Kier alpha value is -0.983. The van der Waals surface area contributed by atoms with Gasteiger partial charge in [0, 0.05) is 6.54 Å². The predicted molar refractivity (Wildman–Crippen MR) is 89.0 cm³/mol. The number of nitrogens with zero attached hydrogens (tertiary/aromatic N) is 2. The average Bonchev–Trinajstić information content (AvgIpc) is 2.80. The first-order valence-electron chi connectivity index (χ1n) is 7.04. The molecule has 110 valence electrons. The summed E-state index contributed by atoms with van der Waals surface area (Å²) >= 11 is 1.57. The van der Waals surface area contributed by atoms with Gasteiger partial charge >= 0.3 is 0 Å². The van der Waals surface area contributed by atoms with Gasteiger partial charge in [0.05, 0.1) is 12.1 Å². The Bertz CT molecular complexity index is 556. The van der Waals surface area contributed by atoms with Crippen molar-refractivity contribution in [1.29, 1.82) is 0 Å². The number of fused-ring (bicyclic) bond motifs is 1. The highest BCUT2D eigenvalue weighted by molar-refractivity contribution is 7.16. The molecule has 2 rings (SSSR count). The molecule has 0 saturated heterocycles. The minimum absolute atomic E-state index is 0.708. The Balaban J connectivity index is 1.78. The third-order valence-corrected chi connectivity index (χ3v) is 6.52. The molecule has 1 N–H and O–H groups in total. The molecule has 0 aliphatic carbocycles. The van der Waals surface area contributed by atoms with Crippen molar-refractivity contribution < 1.29 is 4.43 Å². The molecule has 0 saturated carbocycles.